The highest BCUT2D eigenvalue weighted by Crippen LogP contribution is 2.47. The summed E-state index contributed by atoms with van der Waals surface area (Å²) in [7, 11) is 0. The SMILES string of the molecule is C#CCSCCNC(=O)C1C2CCC(C2)C1N. The summed E-state index contributed by atoms with van der Waals surface area (Å²) in [5.74, 6) is 5.51. The molecular formula is C13H20N2OS. The Kier molecular flexibility index (Phi) is 4.36. The van der Waals surface area contributed by atoms with Crippen LogP contribution in [0.3, 0.4) is 0 Å². The largest absolute Gasteiger partial charge is 0.355 e. The second-order valence-corrected chi connectivity index (χ2v) is 6.09. The first-order chi connectivity index (χ1) is 8.24. The first-order valence-electron chi connectivity index (χ1n) is 6.28. The number of hydrogen-bond acceptors (Lipinski definition) is 3. The molecule has 0 spiro atoms. The number of hydrogen-bond donors (Lipinski definition) is 2. The lowest BCUT2D eigenvalue weighted by Gasteiger charge is -2.26. The molecule has 0 heterocycles. The molecule has 0 saturated heterocycles. The zero-order chi connectivity index (χ0) is 12.3. The van der Waals surface area contributed by atoms with E-state index >= 15 is 0 Å². The van der Waals surface area contributed by atoms with E-state index in [0.717, 1.165) is 12.2 Å². The van der Waals surface area contributed by atoms with Crippen molar-refractivity contribution in [1.29, 1.82) is 0 Å². The van der Waals surface area contributed by atoms with Crippen molar-refractivity contribution in [2.24, 2.45) is 23.5 Å². The molecule has 17 heavy (non-hydrogen) atoms. The van der Waals surface area contributed by atoms with Gasteiger partial charge in [0.05, 0.1) is 11.7 Å². The maximum Gasteiger partial charge on any atom is 0.224 e. The van der Waals surface area contributed by atoms with Crippen molar-refractivity contribution in [2.45, 2.75) is 25.3 Å². The van der Waals surface area contributed by atoms with Crippen molar-refractivity contribution < 1.29 is 4.79 Å². The lowest BCUT2D eigenvalue weighted by Crippen LogP contribution is -2.45. The van der Waals surface area contributed by atoms with Crippen LogP contribution in [0.1, 0.15) is 19.3 Å². The minimum Gasteiger partial charge on any atom is -0.355 e. The van der Waals surface area contributed by atoms with Gasteiger partial charge in [-0.1, -0.05) is 5.92 Å². The van der Waals surface area contributed by atoms with Crippen LogP contribution >= 0.6 is 11.8 Å². The molecular weight excluding hydrogens is 232 g/mol. The van der Waals surface area contributed by atoms with Gasteiger partial charge in [-0.2, -0.15) is 0 Å². The maximum atomic E-state index is 12.0. The molecule has 2 fully saturated rings. The van der Waals surface area contributed by atoms with Crippen LogP contribution in [0.5, 0.6) is 0 Å². The molecule has 94 valence electrons. The van der Waals surface area contributed by atoms with Gasteiger partial charge >= 0.3 is 0 Å². The topological polar surface area (TPSA) is 55.1 Å². The third-order valence-electron chi connectivity index (χ3n) is 4.01. The fourth-order valence-electron chi connectivity index (χ4n) is 3.22. The average Bonchev–Trinajstić information content (AvgIpc) is 2.89. The normalized spacial score (nSPS) is 34.6. The van der Waals surface area contributed by atoms with Gasteiger partial charge in [0.15, 0.2) is 0 Å². The zero-order valence-electron chi connectivity index (χ0n) is 10.0. The quantitative estimate of drug-likeness (QED) is 0.563. The standard InChI is InChI=1S/C13H20N2OS/c1-2-6-17-7-5-15-13(16)11-9-3-4-10(8-9)12(11)14/h1,9-12H,3-8,14H2,(H,15,16). The van der Waals surface area contributed by atoms with E-state index in [1.807, 2.05) is 0 Å². The molecule has 2 aliphatic rings. The predicted molar refractivity (Wildman–Crippen MR) is 71.5 cm³/mol. The molecule has 0 aromatic rings. The molecule has 0 aromatic heterocycles. The van der Waals surface area contributed by atoms with Gasteiger partial charge in [-0.3, -0.25) is 4.79 Å². The van der Waals surface area contributed by atoms with Crippen LogP contribution in [0.4, 0.5) is 0 Å². The molecule has 3 N–H and O–H groups in total. The lowest BCUT2D eigenvalue weighted by atomic mass is 9.84. The number of rotatable bonds is 5. The highest BCUT2D eigenvalue weighted by molar-refractivity contribution is 7.99. The zero-order valence-corrected chi connectivity index (χ0v) is 10.8. The Labute approximate surface area is 107 Å². The molecule has 3 nitrogen and oxygen atoms in total. The van der Waals surface area contributed by atoms with E-state index in [-0.39, 0.29) is 17.9 Å². The Morgan fingerprint density at radius 2 is 2.24 bits per heavy atom. The molecule has 2 aliphatic carbocycles. The molecule has 4 unspecified atom stereocenters. The van der Waals surface area contributed by atoms with Crippen molar-refractivity contribution in [3.8, 4) is 12.3 Å². The number of carbonyl (C=O) groups excluding carboxylic acids is 1. The summed E-state index contributed by atoms with van der Waals surface area (Å²) < 4.78 is 0. The van der Waals surface area contributed by atoms with Gasteiger partial charge in [0.25, 0.3) is 0 Å². The molecule has 0 radical (unpaired) electrons. The summed E-state index contributed by atoms with van der Waals surface area (Å²) in [4.78, 5) is 12.0. The van der Waals surface area contributed by atoms with Crippen LogP contribution in [-0.2, 0) is 4.79 Å². The second-order valence-electron chi connectivity index (χ2n) is 4.98. The Balaban J connectivity index is 1.72. The highest BCUT2D eigenvalue weighted by atomic mass is 32.2. The number of fused-ring (bicyclic) bond motifs is 2. The Hall–Kier alpha value is -0.660. The molecule has 0 aliphatic heterocycles. The van der Waals surface area contributed by atoms with Crippen LogP contribution < -0.4 is 11.1 Å². The number of thioether (sulfide) groups is 1. The van der Waals surface area contributed by atoms with E-state index in [9.17, 15) is 4.79 Å². The van der Waals surface area contributed by atoms with Crippen molar-refractivity contribution in [3.63, 3.8) is 0 Å². The summed E-state index contributed by atoms with van der Waals surface area (Å²) >= 11 is 1.67. The van der Waals surface area contributed by atoms with Crippen LogP contribution in [0.15, 0.2) is 0 Å². The molecule has 0 aromatic carbocycles. The monoisotopic (exact) mass is 252 g/mol. The Morgan fingerprint density at radius 3 is 2.88 bits per heavy atom. The van der Waals surface area contributed by atoms with Gasteiger partial charge in [-0.25, -0.2) is 0 Å². The number of terminal acetylenes is 1. The minimum absolute atomic E-state index is 0.0615. The third-order valence-corrected chi connectivity index (χ3v) is 4.88. The van der Waals surface area contributed by atoms with E-state index < -0.39 is 0 Å². The lowest BCUT2D eigenvalue weighted by molar-refractivity contribution is -0.126. The molecule has 4 atom stereocenters. The van der Waals surface area contributed by atoms with Crippen LogP contribution in [-0.4, -0.2) is 30.0 Å². The first-order valence-corrected chi connectivity index (χ1v) is 7.44. The van der Waals surface area contributed by atoms with E-state index in [2.05, 4.69) is 11.2 Å². The molecule has 4 heteroatoms. The fraction of sp³-hybridized carbons (Fsp3) is 0.769. The number of nitrogens with one attached hydrogen (secondary N) is 1. The predicted octanol–water partition coefficient (Wildman–Crippen LogP) is 0.842. The van der Waals surface area contributed by atoms with Gasteiger partial charge in [0.2, 0.25) is 5.91 Å². The molecule has 2 bridgehead atoms. The number of carbonyl (C=O) groups is 1. The van der Waals surface area contributed by atoms with E-state index in [0.29, 0.717) is 24.1 Å². The van der Waals surface area contributed by atoms with Gasteiger partial charge in [-0.15, -0.1) is 18.2 Å². The molecule has 2 rings (SSSR count). The summed E-state index contributed by atoms with van der Waals surface area (Å²) in [6, 6.07) is 0.0899. The van der Waals surface area contributed by atoms with Crippen molar-refractivity contribution >= 4 is 17.7 Å². The summed E-state index contributed by atoms with van der Waals surface area (Å²) in [6.45, 7) is 0.700. The van der Waals surface area contributed by atoms with Crippen LogP contribution in [0.2, 0.25) is 0 Å². The highest BCUT2D eigenvalue weighted by Gasteiger charge is 2.48. The Bertz CT molecular complexity index is 324. The molecule has 2 saturated carbocycles. The average molecular weight is 252 g/mol. The van der Waals surface area contributed by atoms with Crippen LogP contribution in [0, 0.1) is 30.1 Å². The summed E-state index contributed by atoms with van der Waals surface area (Å²) in [5.41, 5.74) is 6.12. The fourth-order valence-corrected chi connectivity index (χ4v) is 3.73. The van der Waals surface area contributed by atoms with Crippen molar-refractivity contribution in [2.75, 3.05) is 18.1 Å². The summed E-state index contributed by atoms with van der Waals surface area (Å²) in [5, 5.41) is 2.99. The van der Waals surface area contributed by atoms with Gasteiger partial charge in [-0.05, 0) is 31.1 Å². The van der Waals surface area contributed by atoms with E-state index in [4.69, 9.17) is 12.2 Å². The smallest absolute Gasteiger partial charge is 0.224 e. The number of nitrogens with two attached hydrogens (primary N) is 1. The van der Waals surface area contributed by atoms with Crippen molar-refractivity contribution in [1.82, 2.24) is 5.32 Å². The maximum absolute atomic E-state index is 12.0. The van der Waals surface area contributed by atoms with Gasteiger partial charge in [0.1, 0.15) is 0 Å². The first kappa shape index (κ1) is 12.8. The van der Waals surface area contributed by atoms with Crippen molar-refractivity contribution in [3.05, 3.63) is 0 Å². The van der Waals surface area contributed by atoms with E-state index in [1.165, 1.54) is 12.8 Å². The summed E-state index contributed by atoms with van der Waals surface area (Å²) in [6.07, 6.45) is 8.71. The Morgan fingerprint density at radius 1 is 1.47 bits per heavy atom. The van der Waals surface area contributed by atoms with Gasteiger partial charge < -0.3 is 11.1 Å². The van der Waals surface area contributed by atoms with Crippen LogP contribution in [0.25, 0.3) is 0 Å². The van der Waals surface area contributed by atoms with E-state index in [1.54, 1.807) is 11.8 Å². The van der Waals surface area contributed by atoms with Gasteiger partial charge in [0, 0.05) is 18.3 Å². The second kappa shape index (κ2) is 5.79. The third kappa shape index (κ3) is 2.78. The number of amides is 1. The molecule has 1 amide bonds. The minimum atomic E-state index is 0.0615.